The molecular weight excluding hydrogens is 294 g/mol. The molecule has 0 atom stereocenters. The predicted octanol–water partition coefficient (Wildman–Crippen LogP) is 6.25. The molecule has 0 saturated heterocycles. The molecule has 0 radical (unpaired) electrons. The van der Waals surface area contributed by atoms with Crippen LogP contribution in [0.5, 0.6) is 0 Å². The molecule has 0 aromatic heterocycles. The molecule has 0 spiro atoms. The van der Waals surface area contributed by atoms with Gasteiger partial charge in [-0.05, 0) is 42.3 Å². The summed E-state index contributed by atoms with van der Waals surface area (Å²) in [4.78, 5) is 0. The Bertz CT molecular complexity index is 809. The van der Waals surface area contributed by atoms with Gasteiger partial charge in [0.15, 0.2) is 0 Å². The van der Waals surface area contributed by atoms with Gasteiger partial charge in [0.25, 0.3) is 0 Å². The van der Waals surface area contributed by atoms with Gasteiger partial charge in [-0.1, -0.05) is 72.0 Å². The first kappa shape index (κ1) is 15.7. The first-order chi connectivity index (χ1) is 11.8. The molecule has 0 amide bonds. The highest BCUT2D eigenvalue weighted by atomic mass is 15.5. The largest absolute Gasteiger partial charge is 0.222 e. The second-order valence-corrected chi connectivity index (χ2v) is 5.38. The zero-order chi connectivity index (χ0) is 16.6. The lowest BCUT2D eigenvalue weighted by atomic mass is 10.1. The van der Waals surface area contributed by atoms with E-state index in [4.69, 9.17) is 0 Å². The van der Waals surface area contributed by atoms with Crippen molar-refractivity contribution in [1.29, 1.82) is 0 Å². The summed E-state index contributed by atoms with van der Waals surface area (Å²) in [5, 5.41) is 10.5. The number of nitrogens with zero attached hydrogens (tertiary/aromatic N) is 3. The van der Waals surface area contributed by atoms with E-state index >= 15 is 0 Å². The molecule has 3 heteroatoms. The number of benzene rings is 3. The number of hydrogen-bond acceptors (Lipinski definition) is 2. The predicted molar refractivity (Wildman–Crippen MR) is 100.0 cm³/mol. The van der Waals surface area contributed by atoms with Crippen molar-refractivity contribution in [2.24, 2.45) is 10.3 Å². The van der Waals surface area contributed by atoms with Crippen molar-refractivity contribution >= 4 is 16.9 Å². The summed E-state index contributed by atoms with van der Waals surface area (Å²) < 4.78 is 0. The highest BCUT2D eigenvalue weighted by Crippen LogP contribution is 2.21. The minimum atomic E-state index is 0.823. The molecule has 0 aliphatic carbocycles. The Morgan fingerprint density at radius 3 is 1.92 bits per heavy atom. The Hall–Kier alpha value is -3.20. The fourth-order valence-corrected chi connectivity index (χ4v) is 2.29. The van der Waals surface area contributed by atoms with Crippen LogP contribution in [0.15, 0.2) is 108 Å². The number of hydrogen-bond donors (Lipinski definition) is 0. The second kappa shape index (κ2) is 7.88. The SMILES string of the molecule is C/C(=C\N(N=Nc1ccccc1)c1ccccc1)c1ccccc1. The molecule has 0 bridgehead atoms. The monoisotopic (exact) mass is 313 g/mol. The lowest BCUT2D eigenvalue weighted by molar-refractivity contribution is 0.966. The third-order valence-corrected chi connectivity index (χ3v) is 3.58. The van der Waals surface area contributed by atoms with Crippen LogP contribution in [-0.2, 0) is 0 Å². The molecule has 0 fully saturated rings. The number of rotatable bonds is 5. The molecule has 24 heavy (non-hydrogen) atoms. The van der Waals surface area contributed by atoms with Gasteiger partial charge in [0.2, 0.25) is 0 Å². The second-order valence-electron chi connectivity index (χ2n) is 5.38. The molecule has 0 aliphatic rings. The van der Waals surface area contributed by atoms with Crippen molar-refractivity contribution < 1.29 is 0 Å². The lowest BCUT2D eigenvalue weighted by Gasteiger charge is -2.14. The fraction of sp³-hybridized carbons (Fsp3) is 0.0476. The average molecular weight is 313 g/mol. The molecule has 0 unspecified atom stereocenters. The van der Waals surface area contributed by atoms with Crippen LogP contribution in [0.3, 0.4) is 0 Å². The van der Waals surface area contributed by atoms with Crippen molar-refractivity contribution in [2.75, 3.05) is 5.01 Å². The van der Waals surface area contributed by atoms with Crippen LogP contribution in [0.25, 0.3) is 5.57 Å². The summed E-state index contributed by atoms with van der Waals surface area (Å²) >= 11 is 0. The quantitative estimate of drug-likeness (QED) is 0.404. The number of allylic oxidation sites excluding steroid dienone is 1. The van der Waals surface area contributed by atoms with Crippen molar-refractivity contribution in [2.45, 2.75) is 6.92 Å². The van der Waals surface area contributed by atoms with Gasteiger partial charge in [-0.3, -0.25) is 0 Å². The summed E-state index contributed by atoms with van der Waals surface area (Å²) in [6.07, 6.45) is 2.00. The molecule has 3 aromatic rings. The molecule has 0 N–H and O–H groups in total. The smallest absolute Gasteiger partial charge is 0.0874 e. The molecule has 3 aromatic carbocycles. The van der Waals surface area contributed by atoms with E-state index in [1.807, 2.05) is 85.1 Å². The Kier molecular flexibility index (Phi) is 5.15. The summed E-state index contributed by atoms with van der Waals surface area (Å²) in [5.74, 6) is 0. The van der Waals surface area contributed by atoms with Crippen molar-refractivity contribution in [3.8, 4) is 0 Å². The topological polar surface area (TPSA) is 28.0 Å². The third kappa shape index (κ3) is 4.17. The molecule has 0 saturated carbocycles. The Labute approximate surface area is 142 Å². The zero-order valence-corrected chi connectivity index (χ0v) is 13.6. The van der Waals surface area contributed by atoms with Crippen molar-refractivity contribution in [3.63, 3.8) is 0 Å². The van der Waals surface area contributed by atoms with E-state index in [1.165, 1.54) is 0 Å². The van der Waals surface area contributed by atoms with Crippen LogP contribution in [0.4, 0.5) is 11.4 Å². The van der Waals surface area contributed by atoms with Crippen LogP contribution in [0.2, 0.25) is 0 Å². The van der Waals surface area contributed by atoms with Crippen LogP contribution >= 0.6 is 0 Å². The summed E-state index contributed by atoms with van der Waals surface area (Å²) in [6.45, 7) is 2.07. The Balaban J connectivity index is 1.92. The maximum Gasteiger partial charge on any atom is 0.0874 e. The summed E-state index contributed by atoms with van der Waals surface area (Å²) in [5.41, 5.74) is 4.07. The summed E-state index contributed by atoms with van der Waals surface area (Å²) in [6, 6.07) is 30.0. The number of anilines is 1. The molecule has 3 rings (SSSR count). The minimum Gasteiger partial charge on any atom is -0.222 e. The van der Waals surface area contributed by atoms with Crippen molar-refractivity contribution in [1.82, 2.24) is 0 Å². The van der Waals surface area contributed by atoms with Gasteiger partial charge in [0, 0.05) is 6.20 Å². The van der Waals surface area contributed by atoms with E-state index in [0.29, 0.717) is 0 Å². The Morgan fingerprint density at radius 2 is 1.29 bits per heavy atom. The standard InChI is InChI=1S/C21H19N3/c1-18(19-11-5-2-6-12-19)17-24(21-15-9-4-10-16-21)23-22-20-13-7-3-8-14-20/h2-17H,1H3/b18-17+,23-22?. The molecule has 118 valence electrons. The van der Waals surface area contributed by atoms with Gasteiger partial charge < -0.3 is 0 Å². The average Bonchev–Trinajstić information content (AvgIpc) is 2.67. The van der Waals surface area contributed by atoms with Crippen LogP contribution in [0, 0.1) is 0 Å². The lowest BCUT2D eigenvalue weighted by Crippen LogP contribution is -2.07. The molecule has 0 heterocycles. The first-order valence-electron chi connectivity index (χ1n) is 7.88. The van der Waals surface area contributed by atoms with Crippen LogP contribution in [0.1, 0.15) is 12.5 Å². The van der Waals surface area contributed by atoms with Gasteiger partial charge in [-0.25, -0.2) is 5.01 Å². The van der Waals surface area contributed by atoms with Gasteiger partial charge >= 0.3 is 0 Å². The van der Waals surface area contributed by atoms with Crippen LogP contribution in [-0.4, -0.2) is 0 Å². The van der Waals surface area contributed by atoms with E-state index in [9.17, 15) is 0 Å². The van der Waals surface area contributed by atoms with Gasteiger partial charge in [0.1, 0.15) is 0 Å². The minimum absolute atomic E-state index is 0.823. The third-order valence-electron chi connectivity index (χ3n) is 3.58. The summed E-state index contributed by atoms with van der Waals surface area (Å²) in [7, 11) is 0. The van der Waals surface area contributed by atoms with Gasteiger partial charge in [-0.2, -0.15) is 0 Å². The van der Waals surface area contributed by atoms with Gasteiger partial charge in [-0.15, -0.1) is 5.11 Å². The molecule has 0 aliphatic heterocycles. The number of para-hydroxylation sites is 1. The highest BCUT2D eigenvalue weighted by Gasteiger charge is 2.04. The van der Waals surface area contributed by atoms with E-state index in [2.05, 4.69) is 29.4 Å². The Morgan fingerprint density at radius 1 is 0.750 bits per heavy atom. The van der Waals surface area contributed by atoms with Crippen LogP contribution < -0.4 is 5.01 Å². The fourth-order valence-electron chi connectivity index (χ4n) is 2.29. The normalized spacial score (nSPS) is 11.6. The van der Waals surface area contributed by atoms with E-state index in [1.54, 1.807) is 5.01 Å². The van der Waals surface area contributed by atoms with E-state index < -0.39 is 0 Å². The van der Waals surface area contributed by atoms with Crippen molar-refractivity contribution in [3.05, 3.63) is 103 Å². The molecular formula is C21H19N3. The van der Waals surface area contributed by atoms with Gasteiger partial charge in [0.05, 0.1) is 11.4 Å². The highest BCUT2D eigenvalue weighted by molar-refractivity contribution is 5.67. The first-order valence-corrected chi connectivity index (χ1v) is 7.88. The van der Waals surface area contributed by atoms with E-state index in [-0.39, 0.29) is 0 Å². The zero-order valence-electron chi connectivity index (χ0n) is 13.6. The maximum atomic E-state index is 4.41. The van der Waals surface area contributed by atoms with E-state index in [0.717, 1.165) is 22.5 Å². The maximum absolute atomic E-state index is 4.41. The molecule has 3 nitrogen and oxygen atoms in total.